The van der Waals surface area contributed by atoms with Gasteiger partial charge in [0.1, 0.15) is 17.7 Å². The number of rotatable bonds is 4. The third-order valence-electron chi connectivity index (χ3n) is 7.79. The SMILES string of the molecule is CC[N+](C)(CC1CC1)[C@@H]1C=C2C=CC(=O)C(O)=C2C2(C)C(O)C(=O)CC[C@@]12O. The molecule has 0 aromatic rings. The molecule has 2 saturated carbocycles. The molecule has 6 heteroatoms. The van der Waals surface area contributed by atoms with Crippen molar-refractivity contribution in [3.05, 3.63) is 35.1 Å². The minimum absolute atomic E-state index is 0.0813. The number of hydrogen-bond donors (Lipinski definition) is 3. The summed E-state index contributed by atoms with van der Waals surface area (Å²) in [6, 6.07) is -0.352. The van der Waals surface area contributed by atoms with Crippen molar-refractivity contribution >= 4 is 11.6 Å². The summed E-state index contributed by atoms with van der Waals surface area (Å²) in [6.07, 6.45) is 6.08. The van der Waals surface area contributed by atoms with E-state index in [0.717, 1.165) is 13.1 Å². The number of quaternary nitrogens is 1. The van der Waals surface area contributed by atoms with Gasteiger partial charge in [-0.2, -0.15) is 0 Å². The van der Waals surface area contributed by atoms with Crippen molar-refractivity contribution in [3.8, 4) is 0 Å². The van der Waals surface area contributed by atoms with Gasteiger partial charge in [-0.25, -0.2) is 0 Å². The number of Topliss-reactive ketones (excluding diaryl/α,β-unsaturated/α-hetero) is 1. The summed E-state index contributed by atoms with van der Waals surface area (Å²) in [5.74, 6) is -0.774. The third-order valence-corrected chi connectivity index (χ3v) is 7.79. The zero-order valence-corrected chi connectivity index (χ0v) is 16.8. The second-order valence-corrected chi connectivity index (χ2v) is 9.41. The molecule has 0 radical (unpaired) electrons. The molecule has 4 aliphatic rings. The number of ketones is 2. The van der Waals surface area contributed by atoms with Crippen LogP contribution in [0.25, 0.3) is 0 Å². The number of hydrogen-bond acceptors (Lipinski definition) is 5. The number of nitrogens with zero attached hydrogens (tertiary/aromatic N) is 1. The molecule has 0 heterocycles. The Kier molecular flexibility index (Phi) is 4.27. The molecule has 0 saturated heterocycles. The fourth-order valence-corrected chi connectivity index (χ4v) is 5.68. The van der Waals surface area contributed by atoms with E-state index in [-0.39, 0.29) is 30.2 Å². The van der Waals surface area contributed by atoms with Crippen LogP contribution < -0.4 is 0 Å². The van der Waals surface area contributed by atoms with E-state index < -0.39 is 28.7 Å². The lowest BCUT2D eigenvalue weighted by atomic mass is 9.51. The van der Waals surface area contributed by atoms with Crippen LogP contribution in [0.15, 0.2) is 35.1 Å². The van der Waals surface area contributed by atoms with Crippen LogP contribution in [0.5, 0.6) is 0 Å². The van der Waals surface area contributed by atoms with Gasteiger partial charge in [-0.15, -0.1) is 0 Å². The lowest BCUT2D eigenvalue weighted by molar-refractivity contribution is -0.935. The third kappa shape index (κ3) is 2.44. The molecule has 4 rings (SSSR count). The van der Waals surface area contributed by atoms with Crippen molar-refractivity contribution in [2.45, 2.75) is 57.3 Å². The molecular weight excluding hydrogens is 358 g/mol. The highest BCUT2D eigenvalue weighted by atomic mass is 16.3. The van der Waals surface area contributed by atoms with E-state index in [4.69, 9.17) is 0 Å². The predicted octanol–water partition coefficient (Wildman–Crippen LogP) is 1.58. The summed E-state index contributed by atoms with van der Waals surface area (Å²) in [4.78, 5) is 24.7. The zero-order valence-electron chi connectivity index (χ0n) is 16.8. The average Bonchev–Trinajstić information content (AvgIpc) is 3.47. The second-order valence-electron chi connectivity index (χ2n) is 9.41. The Hall–Kier alpha value is -1.76. The first kappa shape index (κ1) is 19.6. The Balaban J connectivity index is 1.96. The lowest BCUT2D eigenvalue weighted by Gasteiger charge is -2.60. The standard InChI is InChI=1S/C22H29NO5/c1-4-23(3,12-13-5-6-13)17-11-14-7-8-15(24)19(26)18(14)21(2)20(27)16(25)9-10-22(17,21)28/h7-8,11,13,17,20,27-28H,4-6,9-10,12H2,1-3H3/p+1/t17-,20?,21?,22-,23?/m1/s1. The molecule has 5 atom stereocenters. The van der Waals surface area contributed by atoms with Crippen molar-refractivity contribution in [1.82, 2.24) is 0 Å². The summed E-state index contributed by atoms with van der Waals surface area (Å²) in [5, 5.41) is 33.7. The summed E-state index contributed by atoms with van der Waals surface area (Å²) < 4.78 is 0.594. The van der Waals surface area contributed by atoms with E-state index in [9.17, 15) is 24.9 Å². The highest BCUT2D eigenvalue weighted by molar-refractivity contribution is 6.06. The molecule has 3 N–H and O–H groups in total. The highest BCUT2D eigenvalue weighted by Gasteiger charge is 2.68. The van der Waals surface area contributed by atoms with Crippen LogP contribution in [0.3, 0.4) is 0 Å². The molecule has 0 aromatic carbocycles. The van der Waals surface area contributed by atoms with E-state index in [1.807, 2.05) is 6.08 Å². The molecule has 6 nitrogen and oxygen atoms in total. The lowest BCUT2D eigenvalue weighted by Crippen LogP contribution is -2.74. The quantitative estimate of drug-likeness (QED) is 0.636. The molecule has 3 unspecified atom stereocenters. The van der Waals surface area contributed by atoms with E-state index >= 15 is 0 Å². The van der Waals surface area contributed by atoms with Gasteiger partial charge in [0.05, 0.1) is 25.6 Å². The van der Waals surface area contributed by atoms with E-state index in [2.05, 4.69) is 14.0 Å². The van der Waals surface area contributed by atoms with Gasteiger partial charge in [-0.1, -0.05) is 6.08 Å². The maximum Gasteiger partial charge on any atom is 0.220 e. The van der Waals surface area contributed by atoms with Gasteiger partial charge in [0.2, 0.25) is 5.78 Å². The average molecular weight is 388 g/mol. The molecule has 4 aliphatic carbocycles. The van der Waals surface area contributed by atoms with Gasteiger partial charge in [0, 0.05) is 17.9 Å². The molecule has 0 spiro atoms. The summed E-state index contributed by atoms with van der Waals surface area (Å²) >= 11 is 0. The monoisotopic (exact) mass is 388 g/mol. The van der Waals surface area contributed by atoms with Gasteiger partial charge in [-0.3, -0.25) is 9.59 Å². The molecule has 0 amide bonds. The number of carbonyl (C=O) groups excluding carboxylic acids is 2. The molecule has 28 heavy (non-hydrogen) atoms. The topological polar surface area (TPSA) is 94.8 Å². The maximum absolute atomic E-state index is 12.5. The van der Waals surface area contributed by atoms with Gasteiger partial charge in [0.25, 0.3) is 0 Å². The van der Waals surface area contributed by atoms with Crippen LogP contribution in [0, 0.1) is 11.3 Å². The number of aliphatic hydroxyl groups excluding tert-OH is 2. The predicted molar refractivity (Wildman–Crippen MR) is 103 cm³/mol. The van der Waals surface area contributed by atoms with Gasteiger partial charge in [0.15, 0.2) is 11.5 Å². The molecule has 2 fully saturated rings. The van der Waals surface area contributed by atoms with E-state index in [1.165, 1.54) is 18.9 Å². The second kappa shape index (κ2) is 6.12. The van der Waals surface area contributed by atoms with Crippen molar-refractivity contribution in [3.63, 3.8) is 0 Å². The minimum atomic E-state index is -1.47. The Morgan fingerprint density at radius 3 is 2.54 bits per heavy atom. The zero-order chi connectivity index (χ0) is 20.5. The first-order chi connectivity index (χ1) is 13.1. The first-order valence-electron chi connectivity index (χ1n) is 10.2. The Bertz CT molecular complexity index is 838. The fourth-order valence-electron chi connectivity index (χ4n) is 5.68. The van der Waals surface area contributed by atoms with Gasteiger partial charge in [-0.05, 0) is 50.8 Å². The Labute approximate surface area is 165 Å². The minimum Gasteiger partial charge on any atom is -0.504 e. The normalized spacial score (nSPS) is 40.0. The highest BCUT2D eigenvalue weighted by Crippen LogP contribution is 2.58. The molecule has 152 valence electrons. The Morgan fingerprint density at radius 1 is 1.25 bits per heavy atom. The summed E-state index contributed by atoms with van der Waals surface area (Å²) in [5.41, 5.74) is -2.07. The van der Waals surface area contributed by atoms with Crippen molar-refractivity contribution in [1.29, 1.82) is 0 Å². The van der Waals surface area contributed by atoms with Crippen LogP contribution in [0.1, 0.15) is 39.5 Å². The van der Waals surface area contributed by atoms with Gasteiger partial charge >= 0.3 is 0 Å². The van der Waals surface area contributed by atoms with Crippen LogP contribution >= 0.6 is 0 Å². The fraction of sp³-hybridized carbons (Fsp3) is 0.636. The maximum atomic E-state index is 12.5. The molecule has 0 aliphatic heterocycles. The summed E-state index contributed by atoms with van der Waals surface area (Å²) in [6.45, 7) is 5.43. The molecule has 0 aromatic heterocycles. The number of allylic oxidation sites excluding steroid dienone is 3. The Morgan fingerprint density at radius 2 is 1.93 bits per heavy atom. The number of carbonyl (C=O) groups is 2. The van der Waals surface area contributed by atoms with Gasteiger partial charge < -0.3 is 19.8 Å². The van der Waals surface area contributed by atoms with Crippen molar-refractivity contribution in [2.24, 2.45) is 11.3 Å². The van der Waals surface area contributed by atoms with Crippen molar-refractivity contribution < 1.29 is 29.4 Å². The van der Waals surface area contributed by atoms with Crippen LogP contribution in [-0.2, 0) is 9.59 Å². The molecular formula is C22H30NO5+. The van der Waals surface area contributed by atoms with E-state index in [0.29, 0.717) is 16.0 Å². The number of fused-ring (bicyclic) bond motifs is 3. The summed E-state index contributed by atoms with van der Waals surface area (Å²) in [7, 11) is 2.12. The van der Waals surface area contributed by atoms with Crippen LogP contribution in [0.2, 0.25) is 0 Å². The van der Waals surface area contributed by atoms with Crippen LogP contribution in [0.4, 0.5) is 0 Å². The van der Waals surface area contributed by atoms with E-state index in [1.54, 1.807) is 13.0 Å². The number of likely N-dealkylation sites (N-methyl/N-ethyl adjacent to an activating group) is 1. The number of aliphatic hydroxyl groups is 3. The smallest absolute Gasteiger partial charge is 0.220 e. The largest absolute Gasteiger partial charge is 0.504 e. The molecule has 0 bridgehead atoms. The van der Waals surface area contributed by atoms with Crippen LogP contribution in [-0.4, -0.2) is 69.3 Å². The first-order valence-corrected chi connectivity index (χ1v) is 10.2. The van der Waals surface area contributed by atoms with Crippen molar-refractivity contribution in [2.75, 3.05) is 20.1 Å².